The second kappa shape index (κ2) is 6.79. The van der Waals surface area contributed by atoms with E-state index in [1.54, 1.807) is 0 Å². The van der Waals surface area contributed by atoms with Crippen LogP contribution in [0.2, 0.25) is 0 Å². The largest absolute Gasteiger partial charge is 0.0909 e. The third-order valence-electron chi connectivity index (χ3n) is 4.63. The fraction of sp³-hybridized carbons (Fsp3) is 0.273. The monoisotopic (exact) mass is 290 g/mol. The Bertz CT molecular complexity index is 715. The Labute approximate surface area is 135 Å². The molecular weight excluding hydrogens is 264 g/mol. The summed E-state index contributed by atoms with van der Waals surface area (Å²) in [6, 6.07) is 12.9. The van der Waals surface area contributed by atoms with Crippen LogP contribution in [0.25, 0.3) is 5.57 Å². The van der Waals surface area contributed by atoms with Gasteiger partial charge in [-0.05, 0) is 85.6 Å². The standard InChI is InChI=1S/C22H26/c1-7-21(14-20-11-9-8-10-12-20)19(6)22-16(3)13-15(2)17(4)18(22)5/h7-13H,6,14H2,1-5H3. The third kappa shape index (κ3) is 3.22. The van der Waals surface area contributed by atoms with Gasteiger partial charge >= 0.3 is 0 Å². The van der Waals surface area contributed by atoms with Gasteiger partial charge in [-0.2, -0.15) is 0 Å². The zero-order valence-corrected chi connectivity index (χ0v) is 14.5. The predicted molar refractivity (Wildman–Crippen MR) is 98.3 cm³/mol. The molecule has 2 rings (SSSR count). The van der Waals surface area contributed by atoms with Crippen molar-refractivity contribution in [2.45, 2.75) is 41.0 Å². The summed E-state index contributed by atoms with van der Waals surface area (Å²) in [6.07, 6.45) is 3.13. The molecule has 0 heteroatoms. The molecule has 114 valence electrons. The Morgan fingerprint density at radius 1 is 0.955 bits per heavy atom. The quantitative estimate of drug-likeness (QED) is 0.595. The molecule has 0 aliphatic heterocycles. The van der Waals surface area contributed by atoms with E-state index in [-0.39, 0.29) is 0 Å². The van der Waals surface area contributed by atoms with Gasteiger partial charge in [0.2, 0.25) is 0 Å². The van der Waals surface area contributed by atoms with Crippen molar-refractivity contribution in [1.82, 2.24) is 0 Å². The molecule has 0 saturated carbocycles. The van der Waals surface area contributed by atoms with Crippen molar-refractivity contribution in [3.63, 3.8) is 0 Å². The van der Waals surface area contributed by atoms with Crippen LogP contribution < -0.4 is 0 Å². The Morgan fingerprint density at radius 2 is 1.59 bits per heavy atom. The molecule has 0 saturated heterocycles. The lowest BCUT2D eigenvalue weighted by atomic mass is 9.85. The van der Waals surface area contributed by atoms with E-state index in [0.717, 1.165) is 12.0 Å². The van der Waals surface area contributed by atoms with Crippen LogP contribution in [0.15, 0.2) is 54.6 Å². The lowest BCUT2D eigenvalue weighted by Gasteiger charge is -2.19. The van der Waals surface area contributed by atoms with Crippen LogP contribution in [0.1, 0.15) is 40.3 Å². The molecule has 0 aromatic heterocycles. The Kier molecular flexibility index (Phi) is 5.03. The van der Waals surface area contributed by atoms with Crippen molar-refractivity contribution < 1.29 is 0 Å². The molecule has 0 fully saturated rings. The van der Waals surface area contributed by atoms with Crippen LogP contribution in [0.3, 0.4) is 0 Å². The molecule has 0 nitrogen and oxygen atoms in total. The minimum atomic E-state index is 0.933. The topological polar surface area (TPSA) is 0 Å². The average molecular weight is 290 g/mol. The fourth-order valence-corrected chi connectivity index (χ4v) is 3.11. The highest BCUT2D eigenvalue weighted by Gasteiger charge is 2.14. The first-order valence-electron chi connectivity index (χ1n) is 7.91. The van der Waals surface area contributed by atoms with Crippen molar-refractivity contribution >= 4 is 5.57 Å². The predicted octanol–water partition coefficient (Wildman–Crippen LogP) is 6.12. The fourth-order valence-electron chi connectivity index (χ4n) is 3.11. The van der Waals surface area contributed by atoms with E-state index in [2.05, 4.69) is 83.7 Å². The highest BCUT2D eigenvalue weighted by molar-refractivity contribution is 5.82. The molecule has 2 aromatic carbocycles. The number of aryl methyl sites for hydroxylation is 2. The van der Waals surface area contributed by atoms with Crippen molar-refractivity contribution in [2.24, 2.45) is 0 Å². The van der Waals surface area contributed by atoms with E-state index >= 15 is 0 Å². The summed E-state index contributed by atoms with van der Waals surface area (Å²) in [5.74, 6) is 0. The molecule has 0 aliphatic carbocycles. The van der Waals surface area contributed by atoms with Gasteiger partial charge in [0.1, 0.15) is 0 Å². The number of allylic oxidation sites excluding steroid dienone is 3. The van der Waals surface area contributed by atoms with Gasteiger partial charge in [-0.1, -0.05) is 49.1 Å². The summed E-state index contributed by atoms with van der Waals surface area (Å²) < 4.78 is 0. The molecule has 0 bridgehead atoms. The summed E-state index contributed by atoms with van der Waals surface area (Å²) in [5.41, 5.74) is 10.5. The number of hydrogen-bond donors (Lipinski definition) is 0. The number of hydrogen-bond acceptors (Lipinski definition) is 0. The van der Waals surface area contributed by atoms with Gasteiger partial charge in [-0.15, -0.1) is 0 Å². The van der Waals surface area contributed by atoms with Gasteiger partial charge < -0.3 is 0 Å². The highest BCUT2D eigenvalue weighted by atomic mass is 14.2. The van der Waals surface area contributed by atoms with Gasteiger partial charge in [0.25, 0.3) is 0 Å². The normalized spacial score (nSPS) is 11.6. The first-order valence-corrected chi connectivity index (χ1v) is 7.91. The van der Waals surface area contributed by atoms with Crippen molar-refractivity contribution in [3.05, 3.63) is 88.0 Å². The summed E-state index contributed by atoms with van der Waals surface area (Å²) >= 11 is 0. The summed E-state index contributed by atoms with van der Waals surface area (Å²) in [5, 5.41) is 0. The van der Waals surface area contributed by atoms with Crippen LogP contribution in [0.5, 0.6) is 0 Å². The van der Waals surface area contributed by atoms with Crippen LogP contribution >= 0.6 is 0 Å². The smallest absolute Gasteiger partial charge is 0.00231 e. The highest BCUT2D eigenvalue weighted by Crippen LogP contribution is 2.32. The first kappa shape index (κ1) is 16.3. The van der Waals surface area contributed by atoms with Crippen LogP contribution in [-0.4, -0.2) is 0 Å². The molecule has 0 amide bonds. The molecule has 0 unspecified atom stereocenters. The average Bonchev–Trinajstić information content (AvgIpc) is 2.51. The van der Waals surface area contributed by atoms with Gasteiger partial charge in [0.05, 0.1) is 0 Å². The molecule has 2 aromatic rings. The SMILES string of the molecule is C=C(C(=CC)Cc1ccccc1)c1c(C)cc(C)c(C)c1C. The van der Waals surface area contributed by atoms with Crippen LogP contribution in [-0.2, 0) is 6.42 Å². The second-order valence-electron chi connectivity index (χ2n) is 6.09. The maximum Gasteiger partial charge on any atom is -0.00231 e. The van der Waals surface area contributed by atoms with Crippen molar-refractivity contribution in [1.29, 1.82) is 0 Å². The molecule has 0 heterocycles. The molecule has 0 N–H and O–H groups in total. The zero-order valence-electron chi connectivity index (χ0n) is 14.5. The third-order valence-corrected chi connectivity index (χ3v) is 4.63. The van der Waals surface area contributed by atoms with Crippen molar-refractivity contribution in [2.75, 3.05) is 0 Å². The molecule has 0 spiro atoms. The maximum absolute atomic E-state index is 4.42. The summed E-state index contributed by atoms with van der Waals surface area (Å²) in [7, 11) is 0. The van der Waals surface area contributed by atoms with Crippen LogP contribution in [0, 0.1) is 27.7 Å². The van der Waals surface area contributed by atoms with Crippen LogP contribution in [0.4, 0.5) is 0 Å². The maximum atomic E-state index is 4.42. The van der Waals surface area contributed by atoms with E-state index in [1.165, 1.54) is 39.0 Å². The Morgan fingerprint density at radius 3 is 2.18 bits per heavy atom. The number of rotatable bonds is 4. The van der Waals surface area contributed by atoms with E-state index < -0.39 is 0 Å². The van der Waals surface area contributed by atoms with Gasteiger partial charge in [0, 0.05) is 0 Å². The Balaban J connectivity index is 2.40. The van der Waals surface area contributed by atoms with E-state index in [1.807, 2.05) is 0 Å². The van der Waals surface area contributed by atoms with Crippen molar-refractivity contribution in [3.8, 4) is 0 Å². The van der Waals surface area contributed by atoms with E-state index in [0.29, 0.717) is 0 Å². The van der Waals surface area contributed by atoms with Gasteiger partial charge in [-0.3, -0.25) is 0 Å². The second-order valence-corrected chi connectivity index (χ2v) is 6.09. The van der Waals surface area contributed by atoms with Gasteiger partial charge in [-0.25, -0.2) is 0 Å². The molecule has 0 radical (unpaired) electrons. The van der Waals surface area contributed by atoms with E-state index in [9.17, 15) is 0 Å². The zero-order chi connectivity index (χ0) is 16.3. The summed E-state index contributed by atoms with van der Waals surface area (Å²) in [6.45, 7) is 15.3. The number of benzene rings is 2. The van der Waals surface area contributed by atoms with Gasteiger partial charge in [0.15, 0.2) is 0 Å². The first-order chi connectivity index (χ1) is 10.5. The summed E-state index contributed by atoms with van der Waals surface area (Å²) in [4.78, 5) is 0. The Hall–Kier alpha value is -2.08. The molecular formula is C22H26. The lowest BCUT2D eigenvalue weighted by Crippen LogP contribution is -2.01. The van der Waals surface area contributed by atoms with E-state index in [4.69, 9.17) is 0 Å². The minimum absolute atomic E-state index is 0.933. The molecule has 0 atom stereocenters. The minimum Gasteiger partial charge on any atom is -0.0909 e. The molecule has 22 heavy (non-hydrogen) atoms. The molecule has 0 aliphatic rings. The lowest BCUT2D eigenvalue weighted by molar-refractivity contribution is 1.17.